The molecule has 0 unspecified atom stereocenters. The van der Waals surface area contributed by atoms with Crippen molar-refractivity contribution < 1.29 is 0 Å². The summed E-state index contributed by atoms with van der Waals surface area (Å²) in [6.45, 7) is 5.87. The molecule has 3 heteroatoms. The van der Waals surface area contributed by atoms with E-state index >= 15 is 0 Å². The van der Waals surface area contributed by atoms with Crippen molar-refractivity contribution in [2.45, 2.75) is 38.1 Å². The van der Waals surface area contributed by atoms with Crippen LogP contribution in [0, 0.1) is 5.41 Å². The van der Waals surface area contributed by atoms with Gasteiger partial charge in [-0.25, -0.2) is 0 Å². The van der Waals surface area contributed by atoms with Crippen LogP contribution in [0.4, 0.5) is 0 Å². The van der Waals surface area contributed by atoms with Gasteiger partial charge in [-0.1, -0.05) is 43.7 Å². The fraction of sp³-hybridized carbons (Fsp3) is 0.625. The molecule has 1 aromatic carbocycles. The van der Waals surface area contributed by atoms with Gasteiger partial charge in [0.1, 0.15) is 0 Å². The van der Waals surface area contributed by atoms with Crippen LogP contribution < -0.4 is 5.73 Å². The lowest BCUT2D eigenvalue weighted by Gasteiger charge is -2.41. The maximum Gasteiger partial charge on any atom is 0.0249 e. The number of benzene rings is 1. The van der Waals surface area contributed by atoms with E-state index in [9.17, 15) is 0 Å². The van der Waals surface area contributed by atoms with Gasteiger partial charge in [-0.3, -0.25) is 0 Å². The van der Waals surface area contributed by atoms with E-state index in [0.29, 0.717) is 17.4 Å². The van der Waals surface area contributed by atoms with Crippen molar-refractivity contribution in [3.8, 4) is 0 Å². The molecule has 1 aliphatic heterocycles. The van der Waals surface area contributed by atoms with Crippen LogP contribution >= 0.6 is 12.4 Å². The van der Waals surface area contributed by atoms with E-state index in [1.807, 2.05) is 0 Å². The Morgan fingerprint density at radius 2 is 1.89 bits per heavy atom. The van der Waals surface area contributed by atoms with Crippen molar-refractivity contribution in [2.24, 2.45) is 11.1 Å². The zero-order valence-electron chi connectivity index (χ0n) is 11.7. The summed E-state index contributed by atoms with van der Waals surface area (Å²) in [7, 11) is 0. The highest BCUT2D eigenvalue weighted by molar-refractivity contribution is 5.85. The highest BCUT2D eigenvalue weighted by Crippen LogP contribution is 2.42. The Morgan fingerprint density at radius 1 is 1.21 bits per heavy atom. The van der Waals surface area contributed by atoms with Crippen LogP contribution in [0.25, 0.3) is 0 Å². The Labute approximate surface area is 122 Å². The number of halogens is 1. The third-order valence-electron chi connectivity index (χ3n) is 4.83. The van der Waals surface area contributed by atoms with E-state index in [-0.39, 0.29) is 12.4 Å². The third kappa shape index (κ3) is 3.13. The Balaban J connectivity index is 0.00000133. The number of likely N-dealkylation sites (tertiary alicyclic amines) is 1. The second-order valence-electron chi connectivity index (χ2n) is 6.54. The minimum absolute atomic E-state index is 0. The van der Waals surface area contributed by atoms with Crippen molar-refractivity contribution in [3.05, 3.63) is 35.9 Å². The fourth-order valence-corrected chi connectivity index (χ4v) is 3.57. The number of nitrogens with two attached hydrogens (primary N) is 1. The molecule has 2 atom stereocenters. The van der Waals surface area contributed by atoms with E-state index in [2.05, 4.69) is 42.2 Å². The monoisotopic (exact) mass is 280 g/mol. The smallest absolute Gasteiger partial charge is 0.0249 e. The average Bonchev–Trinajstić information content (AvgIpc) is 2.69. The van der Waals surface area contributed by atoms with Crippen LogP contribution in [-0.2, 0) is 0 Å². The van der Waals surface area contributed by atoms with E-state index in [4.69, 9.17) is 5.73 Å². The lowest BCUT2D eigenvalue weighted by molar-refractivity contribution is 0.0973. The first kappa shape index (κ1) is 14.8. The van der Waals surface area contributed by atoms with Gasteiger partial charge in [-0.15, -0.1) is 12.4 Å². The van der Waals surface area contributed by atoms with Crippen LogP contribution in [0.15, 0.2) is 30.3 Å². The summed E-state index contributed by atoms with van der Waals surface area (Å²) in [5.74, 6) is 0.523. The van der Waals surface area contributed by atoms with Crippen molar-refractivity contribution in [2.75, 3.05) is 19.6 Å². The van der Waals surface area contributed by atoms with Crippen molar-refractivity contribution in [3.63, 3.8) is 0 Å². The molecule has 0 bridgehead atoms. The highest BCUT2D eigenvalue weighted by atomic mass is 35.5. The first-order valence-corrected chi connectivity index (χ1v) is 7.19. The van der Waals surface area contributed by atoms with Gasteiger partial charge in [-0.2, -0.15) is 0 Å². The molecule has 1 saturated heterocycles. The predicted molar refractivity (Wildman–Crippen MR) is 82.8 cm³/mol. The van der Waals surface area contributed by atoms with Crippen molar-refractivity contribution >= 4 is 12.4 Å². The van der Waals surface area contributed by atoms with E-state index in [1.54, 1.807) is 0 Å². The molecular weight excluding hydrogens is 256 g/mol. The molecule has 3 rings (SSSR count). The topological polar surface area (TPSA) is 29.3 Å². The number of nitrogens with zero attached hydrogens (tertiary/aromatic N) is 1. The molecule has 1 heterocycles. The quantitative estimate of drug-likeness (QED) is 0.922. The van der Waals surface area contributed by atoms with Gasteiger partial charge in [-0.05, 0) is 23.8 Å². The normalized spacial score (nSPS) is 29.6. The summed E-state index contributed by atoms with van der Waals surface area (Å²) < 4.78 is 0. The Bertz CT molecular complexity index is 402. The second kappa shape index (κ2) is 5.82. The lowest BCUT2D eigenvalue weighted by Crippen LogP contribution is -2.40. The molecule has 2 aliphatic rings. The summed E-state index contributed by atoms with van der Waals surface area (Å²) >= 11 is 0. The Morgan fingerprint density at radius 3 is 2.47 bits per heavy atom. The summed E-state index contributed by atoms with van der Waals surface area (Å²) in [5, 5.41) is 0. The summed E-state index contributed by atoms with van der Waals surface area (Å²) in [6.07, 6.45) is 4.21. The standard InChI is InChI=1S/C16H24N2.ClH/c1-16(8-5-9-16)12-18-10-14(15(17)11-18)13-6-3-2-4-7-13;/h2-4,6-7,14-15H,5,8-12,17H2,1H3;1H/t14-,15+;/m0./s1. The van der Waals surface area contributed by atoms with Gasteiger partial charge in [0.25, 0.3) is 0 Å². The van der Waals surface area contributed by atoms with Gasteiger partial charge in [0, 0.05) is 31.6 Å². The minimum Gasteiger partial charge on any atom is -0.326 e. The maximum atomic E-state index is 6.34. The Hall–Kier alpha value is -0.570. The Kier molecular flexibility index (Phi) is 4.54. The molecule has 2 fully saturated rings. The first-order valence-electron chi connectivity index (χ1n) is 7.19. The average molecular weight is 281 g/mol. The molecule has 106 valence electrons. The first-order chi connectivity index (χ1) is 8.66. The molecule has 1 aromatic rings. The molecule has 0 amide bonds. The van der Waals surface area contributed by atoms with Crippen LogP contribution in [-0.4, -0.2) is 30.6 Å². The molecule has 0 spiro atoms. The SMILES string of the molecule is CC1(CN2C[C@@H](N)[C@H](c3ccccc3)C2)CCC1.Cl. The molecule has 2 N–H and O–H groups in total. The highest BCUT2D eigenvalue weighted by Gasteiger charge is 2.38. The fourth-order valence-electron chi connectivity index (χ4n) is 3.57. The maximum absolute atomic E-state index is 6.34. The molecular formula is C16H25ClN2. The van der Waals surface area contributed by atoms with E-state index in [1.165, 1.54) is 31.4 Å². The van der Waals surface area contributed by atoms with Gasteiger partial charge in [0.2, 0.25) is 0 Å². The van der Waals surface area contributed by atoms with Crippen molar-refractivity contribution in [1.29, 1.82) is 0 Å². The van der Waals surface area contributed by atoms with Crippen LogP contribution in [0.5, 0.6) is 0 Å². The van der Waals surface area contributed by atoms with Gasteiger partial charge in [0.05, 0.1) is 0 Å². The predicted octanol–water partition coefficient (Wildman–Crippen LogP) is 3.03. The summed E-state index contributed by atoms with van der Waals surface area (Å²) in [4.78, 5) is 2.58. The molecule has 1 aliphatic carbocycles. The lowest BCUT2D eigenvalue weighted by atomic mass is 9.70. The molecule has 0 aromatic heterocycles. The van der Waals surface area contributed by atoms with Gasteiger partial charge >= 0.3 is 0 Å². The number of hydrogen-bond donors (Lipinski definition) is 1. The van der Waals surface area contributed by atoms with E-state index in [0.717, 1.165) is 13.1 Å². The van der Waals surface area contributed by atoms with Crippen LogP contribution in [0.3, 0.4) is 0 Å². The van der Waals surface area contributed by atoms with E-state index < -0.39 is 0 Å². The minimum atomic E-state index is 0. The molecule has 2 nitrogen and oxygen atoms in total. The molecule has 19 heavy (non-hydrogen) atoms. The zero-order chi connectivity index (χ0) is 12.6. The number of rotatable bonds is 3. The van der Waals surface area contributed by atoms with Gasteiger partial charge < -0.3 is 10.6 Å². The van der Waals surface area contributed by atoms with Gasteiger partial charge in [0.15, 0.2) is 0 Å². The zero-order valence-corrected chi connectivity index (χ0v) is 12.5. The second-order valence-corrected chi connectivity index (χ2v) is 6.54. The largest absolute Gasteiger partial charge is 0.326 e. The summed E-state index contributed by atoms with van der Waals surface area (Å²) in [5.41, 5.74) is 8.32. The summed E-state index contributed by atoms with van der Waals surface area (Å²) in [6, 6.07) is 11.1. The van der Waals surface area contributed by atoms with Crippen LogP contribution in [0.2, 0.25) is 0 Å². The van der Waals surface area contributed by atoms with Crippen molar-refractivity contribution in [1.82, 2.24) is 4.90 Å². The third-order valence-corrected chi connectivity index (χ3v) is 4.83. The number of hydrogen-bond acceptors (Lipinski definition) is 2. The molecule has 1 saturated carbocycles. The van der Waals surface area contributed by atoms with Crippen LogP contribution in [0.1, 0.15) is 37.7 Å². The molecule has 0 radical (unpaired) electrons.